The molecule has 0 saturated carbocycles. The summed E-state index contributed by atoms with van der Waals surface area (Å²) in [4.78, 5) is 27.5. The van der Waals surface area contributed by atoms with Crippen molar-refractivity contribution in [1.29, 1.82) is 0 Å². The Morgan fingerprint density at radius 1 is 1.12 bits per heavy atom. The van der Waals surface area contributed by atoms with Crippen molar-refractivity contribution in [1.82, 2.24) is 0 Å². The third-order valence-corrected chi connectivity index (χ3v) is 6.80. The number of para-hydroxylation sites is 1. The van der Waals surface area contributed by atoms with Crippen molar-refractivity contribution in [2.75, 3.05) is 25.2 Å². The summed E-state index contributed by atoms with van der Waals surface area (Å²) >= 11 is 0. The minimum atomic E-state index is -1.26. The van der Waals surface area contributed by atoms with Gasteiger partial charge in [-0.3, -0.25) is 4.79 Å². The van der Waals surface area contributed by atoms with E-state index in [1.54, 1.807) is 25.3 Å². The summed E-state index contributed by atoms with van der Waals surface area (Å²) in [6, 6.07) is 18.4. The smallest absolute Gasteiger partial charge is 0.340 e. The molecule has 33 heavy (non-hydrogen) atoms. The molecular formula is C26H22N2O5. The van der Waals surface area contributed by atoms with Crippen LogP contribution in [-0.4, -0.2) is 38.2 Å². The first-order valence-electron chi connectivity index (χ1n) is 10.9. The largest absolute Gasteiger partial charge is 0.456 e. The van der Waals surface area contributed by atoms with Gasteiger partial charge in [-0.1, -0.05) is 24.3 Å². The van der Waals surface area contributed by atoms with Gasteiger partial charge in [0.05, 0.1) is 23.8 Å². The monoisotopic (exact) mass is 442 g/mol. The van der Waals surface area contributed by atoms with Gasteiger partial charge in [0.2, 0.25) is 5.91 Å². The highest BCUT2D eigenvalue weighted by molar-refractivity contribution is 6.00. The van der Waals surface area contributed by atoms with Crippen molar-refractivity contribution in [2.45, 2.75) is 18.1 Å². The van der Waals surface area contributed by atoms with Gasteiger partial charge in [-0.15, -0.1) is 0 Å². The molecule has 3 aliphatic rings. The summed E-state index contributed by atoms with van der Waals surface area (Å²) < 4.78 is 18.0. The van der Waals surface area contributed by atoms with Crippen LogP contribution in [0, 0.1) is 0 Å². The highest BCUT2D eigenvalue weighted by atomic mass is 16.6. The van der Waals surface area contributed by atoms with E-state index in [4.69, 9.17) is 19.9 Å². The Bertz CT molecular complexity index is 1320. The molecule has 0 aromatic heterocycles. The van der Waals surface area contributed by atoms with Gasteiger partial charge in [0.1, 0.15) is 11.5 Å². The number of hydrogen-bond acceptors (Lipinski definition) is 6. The van der Waals surface area contributed by atoms with Crippen LogP contribution in [0.3, 0.4) is 0 Å². The summed E-state index contributed by atoms with van der Waals surface area (Å²) in [5.74, 6) is 0.198. The number of ether oxygens (including phenoxy) is 3. The van der Waals surface area contributed by atoms with E-state index in [1.165, 1.54) is 0 Å². The second-order valence-electron chi connectivity index (χ2n) is 8.54. The van der Waals surface area contributed by atoms with E-state index in [0.717, 1.165) is 24.2 Å². The number of nitrogens with zero attached hydrogens (tertiary/aromatic N) is 1. The molecule has 1 spiro atoms. The third kappa shape index (κ3) is 2.66. The summed E-state index contributed by atoms with van der Waals surface area (Å²) in [6.45, 7) is 1.45. The van der Waals surface area contributed by atoms with Crippen LogP contribution in [0.2, 0.25) is 0 Å². The first-order chi connectivity index (χ1) is 16.0. The van der Waals surface area contributed by atoms with E-state index in [1.807, 2.05) is 42.5 Å². The number of nitrogens with two attached hydrogens (primary N) is 1. The van der Waals surface area contributed by atoms with Crippen molar-refractivity contribution < 1.29 is 23.8 Å². The molecule has 7 heteroatoms. The number of anilines is 1. The molecule has 1 saturated heterocycles. The van der Waals surface area contributed by atoms with E-state index in [0.29, 0.717) is 40.4 Å². The molecule has 3 aromatic carbocycles. The Morgan fingerprint density at radius 2 is 1.94 bits per heavy atom. The topological polar surface area (TPSA) is 91.1 Å². The Labute approximate surface area is 190 Å². The number of fused-ring (bicyclic) bond motifs is 6. The van der Waals surface area contributed by atoms with E-state index >= 15 is 0 Å². The third-order valence-electron chi connectivity index (χ3n) is 6.80. The highest BCUT2D eigenvalue weighted by Gasteiger charge is 2.55. The fourth-order valence-electron chi connectivity index (χ4n) is 5.22. The molecule has 3 heterocycles. The molecule has 6 rings (SSSR count). The molecule has 1 fully saturated rings. The molecule has 0 aliphatic carbocycles. The quantitative estimate of drug-likeness (QED) is 0.621. The minimum Gasteiger partial charge on any atom is -0.456 e. The van der Waals surface area contributed by atoms with Crippen molar-refractivity contribution >= 4 is 17.6 Å². The lowest BCUT2D eigenvalue weighted by molar-refractivity contribution is 0.0224. The van der Waals surface area contributed by atoms with Crippen molar-refractivity contribution in [3.63, 3.8) is 0 Å². The number of rotatable bonds is 4. The van der Waals surface area contributed by atoms with Gasteiger partial charge < -0.3 is 24.8 Å². The summed E-state index contributed by atoms with van der Waals surface area (Å²) in [5.41, 5.74) is 8.04. The maximum Gasteiger partial charge on any atom is 0.340 e. The number of benzene rings is 3. The predicted molar refractivity (Wildman–Crippen MR) is 121 cm³/mol. The van der Waals surface area contributed by atoms with E-state index in [-0.39, 0.29) is 6.04 Å². The van der Waals surface area contributed by atoms with Crippen LogP contribution < -0.4 is 15.4 Å². The van der Waals surface area contributed by atoms with Gasteiger partial charge in [0, 0.05) is 36.0 Å². The lowest BCUT2D eigenvalue weighted by Crippen LogP contribution is -2.51. The fourth-order valence-corrected chi connectivity index (χ4v) is 5.22. The van der Waals surface area contributed by atoms with Crippen molar-refractivity contribution in [2.24, 2.45) is 5.73 Å². The Morgan fingerprint density at radius 3 is 2.70 bits per heavy atom. The average Bonchev–Trinajstić information content (AvgIpc) is 3.09. The average molecular weight is 442 g/mol. The number of methoxy groups -OCH3 is 1. The predicted octanol–water partition coefficient (Wildman–Crippen LogP) is 3.58. The van der Waals surface area contributed by atoms with Crippen LogP contribution in [0.15, 0.2) is 60.7 Å². The van der Waals surface area contributed by atoms with Crippen LogP contribution in [-0.2, 0) is 15.1 Å². The highest BCUT2D eigenvalue weighted by Crippen LogP contribution is 2.59. The number of primary amides is 1. The molecule has 0 bridgehead atoms. The number of carbonyl (C=O) groups is 2. The van der Waals surface area contributed by atoms with Gasteiger partial charge in [0.25, 0.3) is 0 Å². The zero-order chi connectivity index (χ0) is 22.7. The Kier molecular flexibility index (Phi) is 4.25. The zero-order valence-electron chi connectivity index (χ0n) is 18.0. The molecule has 2 atom stereocenters. The minimum absolute atomic E-state index is 0.212. The number of hydrogen-bond donors (Lipinski definition) is 1. The van der Waals surface area contributed by atoms with Crippen molar-refractivity contribution in [3.8, 4) is 11.5 Å². The lowest BCUT2D eigenvalue weighted by atomic mass is 9.76. The molecule has 1 unspecified atom stereocenters. The standard InChI is InChI=1S/C26H22N2O5/c1-31-14-16-11-12-28(16)20-6-4-8-22-23(20)26(18-5-2-3-7-21(18)32-22)19-13-15(24(27)29)9-10-17(19)25(30)33-26/h2-10,13,16H,11-12,14H2,1H3,(H2,27,29)/t16-,26?/m1/s1. The Balaban J connectivity index is 1.67. The van der Waals surface area contributed by atoms with Crippen molar-refractivity contribution in [3.05, 3.63) is 88.5 Å². The maximum absolute atomic E-state index is 13.2. The molecule has 166 valence electrons. The van der Waals surface area contributed by atoms with Gasteiger partial charge >= 0.3 is 5.97 Å². The SMILES string of the molecule is COC[C@H]1CCN1c1cccc2c1C1(OC(=O)c3ccc(C(N)=O)cc31)c1ccccc1O2. The first-order valence-corrected chi connectivity index (χ1v) is 10.9. The van der Waals surface area contributed by atoms with Gasteiger partial charge in [-0.2, -0.15) is 0 Å². The number of amides is 1. The number of esters is 1. The lowest BCUT2D eigenvalue weighted by Gasteiger charge is -2.46. The summed E-state index contributed by atoms with van der Waals surface area (Å²) in [7, 11) is 1.69. The normalized spacial score (nSPS) is 22.0. The molecular weight excluding hydrogens is 420 g/mol. The molecule has 3 aliphatic heterocycles. The molecule has 0 radical (unpaired) electrons. The van der Waals surface area contributed by atoms with Crippen LogP contribution in [0.4, 0.5) is 5.69 Å². The van der Waals surface area contributed by atoms with E-state index in [9.17, 15) is 9.59 Å². The molecule has 2 N–H and O–H groups in total. The Hall–Kier alpha value is -3.84. The number of carbonyl (C=O) groups excluding carboxylic acids is 2. The van der Waals surface area contributed by atoms with E-state index < -0.39 is 17.5 Å². The van der Waals surface area contributed by atoms with Gasteiger partial charge in [-0.05, 0) is 42.8 Å². The van der Waals surface area contributed by atoms with Gasteiger partial charge in [0.15, 0.2) is 5.60 Å². The second-order valence-corrected chi connectivity index (χ2v) is 8.54. The van der Waals surface area contributed by atoms with Gasteiger partial charge in [-0.25, -0.2) is 4.79 Å². The fraction of sp³-hybridized carbons (Fsp3) is 0.231. The molecule has 3 aromatic rings. The summed E-state index contributed by atoms with van der Waals surface area (Å²) in [5, 5.41) is 0. The molecule has 1 amide bonds. The maximum atomic E-state index is 13.2. The van der Waals surface area contributed by atoms with Crippen LogP contribution in [0.25, 0.3) is 0 Å². The van der Waals surface area contributed by atoms with Crippen LogP contribution >= 0.6 is 0 Å². The van der Waals surface area contributed by atoms with Crippen LogP contribution in [0.1, 0.15) is 43.8 Å². The summed E-state index contributed by atoms with van der Waals surface area (Å²) in [6.07, 6.45) is 1.00. The first kappa shape index (κ1) is 19.8. The van der Waals surface area contributed by atoms with E-state index in [2.05, 4.69) is 4.90 Å². The molecule has 7 nitrogen and oxygen atoms in total. The zero-order valence-corrected chi connectivity index (χ0v) is 18.0. The second kappa shape index (κ2) is 7.08. The van der Waals surface area contributed by atoms with Crippen LogP contribution in [0.5, 0.6) is 11.5 Å².